The van der Waals surface area contributed by atoms with Crippen LogP contribution in [0.4, 0.5) is 11.4 Å². The molecule has 0 spiro atoms. The summed E-state index contributed by atoms with van der Waals surface area (Å²) < 4.78 is 0. The Morgan fingerprint density at radius 2 is 1.95 bits per heavy atom. The van der Waals surface area contributed by atoms with Gasteiger partial charge in [0.15, 0.2) is 0 Å². The van der Waals surface area contributed by atoms with E-state index in [4.69, 9.17) is 5.73 Å². The zero-order valence-electron chi connectivity index (χ0n) is 10.9. The van der Waals surface area contributed by atoms with Crippen LogP contribution in [-0.2, 0) is 0 Å². The SMILES string of the molecule is Cc1cccc(C(=O)Nc2ccc(O)cc2N)c1C. The molecule has 1 amide bonds. The zero-order valence-corrected chi connectivity index (χ0v) is 10.9. The summed E-state index contributed by atoms with van der Waals surface area (Å²) in [4.78, 5) is 12.2. The lowest BCUT2D eigenvalue weighted by Gasteiger charge is -2.11. The summed E-state index contributed by atoms with van der Waals surface area (Å²) in [6.45, 7) is 3.87. The second kappa shape index (κ2) is 5.02. The van der Waals surface area contributed by atoms with Crippen LogP contribution < -0.4 is 11.1 Å². The molecule has 0 saturated heterocycles. The van der Waals surface area contributed by atoms with Crippen LogP contribution in [0.25, 0.3) is 0 Å². The van der Waals surface area contributed by atoms with Gasteiger partial charge in [0.1, 0.15) is 5.75 Å². The van der Waals surface area contributed by atoms with Crippen molar-refractivity contribution in [2.24, 2.45) is 0 Å². The van der Waals surface area contributed by atoms with E-state index in [1.165, 1.54) is 12.1 Å². The minimum Gasteiger partial charge on any atom is -0.508 e. The second-order valence-electron chi connectivity index (χ2n) is 4.47. The van der Waals surface area contributed by atoms with E-state index in [1.807, 2.05) is 26.0 Å². The number of benzene rings is 2. The smallest absolute Gasteiger partial charge is 0.255 e. The lowest BCUT2D eigenvalue weighted by Crippen LogP contribution is -2.14. The molecule has 0 aliphatic heterocycles. The van der Waals surface area contributed by atoms with E-state index >= 15 is 0 Å². The van der Waals surface area contributed by atoms with Gasteiger partial charge in [0.25, 0.3) is 5.91 Å². The number of aryl methyl sites for hydroxylation is 1. The number of nitrogens with two attached hydrogens (primary N) is 1. The van der Waals surface area contributed by atoms with Crippen molar-refractivity contribution >= 4 is 17.3 Å². The first-order chi connectivity index (χ1) is 8.99. The molecule has 0 aliphatic rings. The summed E-state index contributed by atoms with van der Waals surface area (Å²) >= 11 is 0. The molecule has 98 valence electrons. The number of nitrogen functional groups attached to an aromatic ring is 1. The van der Waals surface area contributed by atoms with Gasteiger partial charge in [0.05, 0.1) is 11.4 Å². The lowest BCUT2D eigenvalue weighted by atomic mass is 10.0. The number of carbonyl (C=O) groups is 1. The van der Waals surface area contributed by atoms with Crippen molar-refractivity contribution in [2.45, 2.75) is 13.8 Å². The first-order valence-electron chi connectivity index (χ1n) is 5.95. The van der Waals surface area contributed by atoms with Gasteiger partial charge in [-0.05, 0) is 43.2 Å². The molecule has 0 saturated carbocycles. The van der Waals surface area contributed by atoms with Crippen LogP contribution in [0.1, 0.15) is 21.5 Å². The largest absolute Gasteiger partial charge is 0.508 e. The highest BCUT2D eigenvalue weighted by Crippen LogP contribution is 2.24. The Bertz CT molecular complexity index is 636. The number of aromatic hydroxyl groups is 1. The molecule has 0 unspecified atom stereocenters. The van der Waals surface area contributed by atoms with E-state index in [2.05, 4.69) is 5.32 Å². The van der Waals surface area contributed by atoms with Gasteiger partial charge in [-0.2, -0.15) is 0 Å². The van der Waals surface area contributed by atoms with Gasteiger partial charge in [-0.25, -0.2) is 0 Å². The number of anilines is 2. The highest BCUT2D eigenvalue weighted by Gasteiger charge is 2.11. The van der Waals surface area contributed by atoms with Crippen LogP contribution in [0.3, 0.4) is 0 Å². The van der Waals surface area contributed by atoms with Gasteiger partial charge >= 0.3 is 0 Å². The Labute approximate surface area is 111 Å². The summed E-state index contributed by atoms with van der Waals surface area (Å²) in [5, 5.41) is 12.0. The summed E-state index contributed by atoms with van der Waals surface area (Å²) in [7, 11) is 0. The number of carbonyl (C=O) groups excluding carboxylic acids is 1. The first-order valence-corrected chi connectivity index (χ1v) is 5.95. The molecule has 2 aromatic carbocycles. The molecule has 0 bridgehead atoms. The van der Waals surface area contributed by atoms with Crippen LogP contribution in [-0.4, -0.2) is 11.0 Å². The van der Waals surface area contributed by atoms with Crippen LogP contribution >= 0.6 is 0 Å². The summed E-state index contributed by atoms with van der Waals surface area (Å²) in [5.41, 5.74) is 9.18. The summed E-state index contributed by atoms with van der Waals surface area (Å²) in [5.74, 6) is -0.138. The molecule has 0 heterocycles. The average molecular weight is 256 g/mol. The molecule has 0 aliphatic carbocycles. The predicted octanol–water partition coefficient (Wildman–Crippen LogP) is 2.84. The summed E-state index contributed by atoms with van der Waals surface area (Å²) in [6.07, 6.45) is 0. The van der Waals surface area contributed by atoms with E-state index in [9.17, 15) is 9.90 Å². The van der Waals surface area contributed by atoms with E-state index in [-0.39, 0.29) is 11.7 Å². The van der Waals surface area contributed by atoms with E-state index in [0.717, 1.165) is 11.1 Å². The van der Waals surface area contributed by atoms with Gasteiger partial charge in [-0.1, -0.05) is 12.1 Å². The molecule has 0 radical (unpaired) electrons. The maximum absolute atomic E-state index is 12.2. The van der Waals surface area contributed by atoms with Gasteiger partial charge < -0.3 is 16.2 Å². The second-order valence-corrected chi connectivity index (χ2v) is 4.47. The maximum atomic E-state index is 12.2. The van der Waals surface area contributed by atoms with Crippen molar-refractivity contribution in [3.63, 3.8) is 0 Å². The van der Waals surface area contributed by atoms with Crippen molar-refractivity contribution in [3.8, 4) is 5.75 Å². The lowest BCUT2D eigenvalue weighted by molar-refractivity contribution is 0.102. The Kier molecular flexibility index (Phi) is 3.42. The van der Waals surface area contributed by atoms with E-state index < -0.39 is 0 Å². The molecule has 0 fully saturated rings. The van der Waals surface area contributed by atoms with Crippen LogP contribution in [0.2, 0.25) is 0 Å². The molecular formula is C15H16N2O2. The average Bonchev–Trinajstić information content (AvgIpc) is 2.36. The number of rotatable bonds is 2. The Balaban J connectivity index is 2.28. The molecule has 19 heavy (non-hydrogen) atoms. The third-order valence-electron chi connectivity index (χ3n) is 3.13. The minimum absolute atomic E-state index is 0.0715. The van der Waals surface area contributed by atoms with E-state index in [1.54, 1.807) is 12.1 Å². The molecule has 4 heteroatoms. The minimum atomic E-state index is -0.210. The molecule has 2 aromatic rings. The highest BCUT2D eigenvalue weighted by molar-refractivity contribution is 6.06. The molecule has 0 atom stereocenters. The van der Waals surface area contributed by atoms with Gasteiger partial charge in [-0.3, -0.25) is 4.79 Å². The molecule has 0 aromatic heterocycles. The molecule has 2 rings (SSSR count). The van der Waals surface area contributed by atoms with E-state index in [0.29, 0.717) is 16.9 Å². The fraction of sp³-hybridized carbons (Fsp3) is 0.133. The summed E-state index contributed by atoms with van der Waals surface area (Å²) in [6, 6.07) is 10.0. The topological polar surface area (TPSA) is 75.3 Å². The molecule has 4 nitrogen and oxygen atoms in total. The quantitative estimate of drug-likeness (QED) is 0.571. The number of phenolic OH excluding ortho intramolecular Hbond substituents is 1. The third-order valence-corrected chi connectivity index (χ3v) is 3.13. The number of hydrogen-bond donors (Lipinski definition) is 3. The fourth-order valence-corrected chi connectivity index (χ4v) is 1.85. The first kappa shape index (κ1) is 13.0. The molecular weight excluding hydrogens is 240 g/mol. The van der Waals surface area contributed by atoms with Crippen LogP contribution in [0, 0.1) is 13.8 Å². The van der Waals surface area contributed by atoms with Gasteiger partial charge in [0.2, 0.25) is 0 Å². The number of phenols is 1. The Morgan fingerprint density at radius 1 is 1.21 bits per heavy atom. The monoisotopic (exact) mass is 256 g/mol. The van der Waals surface area contributed by atoms with Crippen molar-refractivity contribution < 1.29 is 9.90 Å². The number of hydrogen-bond acceptors (Lipinski definition) is 3. The zero-order chi connectivity index (χ0) is 14.0. The number of nitrogens with one attached hydrogen (secondary N) is 1. The normalized spacial score (nSPS) is 10.2. The van der Waals surface area contributed by atoms with Gasteiger partial charge in [-0.15, -0.1) is 0 Å². The fourth-order valence-electron chi connectivity index (χ4n) is 1.85. The van der Waals surface area contributed by atoms with Crippen molar-refractivity contribution in [1.82, 2.24) is 0 Å². The van der Waals surface area contributed by atoms with Crippen molar-refractivity contribution in [1.29, 1.82) is 0 Å². The van der Waals surface area contributed by atoms with Gasteiger partial charge in [0, 0.05) is 11.6 Å². The van der Waals surface area contributed by atoms with Crippen molar-refractivity contribution in [3.05, 3.63) is 53.1 Å². The van der Waals surface area contributed by atoms with Crippen LogP contribution in [0.5, 0.6) is 5.75 Å². The molecule has 4 N–H and O–H groups in total. The van der Waals surface area contributed by atoms with Crippen molar-refractivity contribution in [2.75, 3.05) is 11.1 Å². The number of amides is 1. The van der Waals surface area contributed by atoms with Crippen LogP contribution in [0.15, 0.2) is 36.4 Å². The Hall–Kier alpha value is -2.49. The Morgan fingerprint density at radius 3 is 2.63 bits per heavy atom. The highest BCUT2D eigenvalue weighted by atomic mass is 16.3. The maximum Gasteiger partial charge on any atom is 0.255 e. The third kappa shape index (κ3) is 2.68. The standard InChI is InChI=1S/C15H16N2O2/c1-9-4-3-5-12(10(9)2)15(19)17-14-7-6-11(18)8-13(14)16/h3-8,18H,16H2,1-2H3,(H,17,19). The predicted molar refractivity (Wildman–Crippen MR) is 76.4 cm³/mol.